The first-order chi connectivity index (χ1) is 10.0. The van der Waals surface area contributed by atoms with Crippen LogP contribution in [0.15, 0.2) is 18.2 Å². The van der Waals surface area contributed by atoms with Gasteiger partial charge in [0.1, 0.15) is 12.1 Å². The molecule has 2 aliphatic rings. The van der Waals surface area contributed by atoms with Crippen LogP contribution in [0.2, 0.25) is 0 Å². The average Bonchev–Trinajstić information content (AvgIpc) is 2.77. The second-order valence-corrected chi connectivity index (χ2v) is 5.84. The Morgan fingerprint density at radius 1 is 1.43 bits per heavy atom. The Bertz CT molecular complexity index is 585. The van der Waals surface area contributed by atoms with Gasteiger partial charge in [-0.15, -0.1) is 0 Å². The second kappa shape index (κ2) is 5.48. The normalized spacial score (nSPS) is 25.3. The zero-order chi connectivity index (χ0) is 15.0. The van der Waals surface area contributed by atoms with Crippen molar-refractivity contribution >= 4 is 17.6 Å². The molecule has 1 aromatic rings. The lowest BCUT2D eigenvalue weighted by atomic mass is 9.96. The number of amides is 1. The maximum atomic E-state index is 11.9. The largest absolute Gasteiger partial charge is 0.461 e. The molecule has 2 aliphatic heterocycles. The molecule has 0 aliphatic carbocycles. The van der Waals surface area contributed by atoms with Crippen molar-refractivity contribution in [2.75, 3.05) is 11.9 Å². The number of carbonyl (C=O) groups excluding carboxylic acids is 2. The van der Waals surface area contributed by atoms with Gasteiger partial charge in [-0.25, -0.2) is 0 Å². The molecule has 0 saturated carbocycles. The Morgan fingerprint density at radius 2 is 2.24 bits per heavy atom. The number of rotatable bonds is 2. The number of anilines is 1. The van der Waals surface area contributed by atoms with E-state index in [4.69, 9.17) is 4.74 Å². The summed E-state index contributed by atoms with van der Waals surface area (Å²) >= 11 is 0. The van der Waals surface area contributed by atoms with E-state index in [1.165, 1.54) is 18.1 Å². The molecule has 0 spiro atoms. The molecule has 0 aromatic heterocycles. The molecule has 5 heteroatoms. The highest BCUT2D eigenvalue weighted by atomic mass is 16.6. The first-order valence-electron chi connectivity index (χ1n) is 7.37. The van der Waals surface area contributed by atoms with Crippen LogP contribution in [-0.4, -0.2) is 35.5 Å². The molecule has 0 unspecified atom stereocenters. The predicted octanol–water partition coefficient (Wildman–Crippen LogP) is 1.71. The van der Waals surface area contributed by atoms with Gasteiger partial charge in [0, 0.05) is 32.1 Å². The van der Waals surface area contributed by atoms with Crippen molar-refractivity contribution < 1.29 is 14.3 Å². The first-order valence-corrected chi connectivity index (χ1v) is 7.37. The smallest absolute Gasteiger partial charge is 0.323 e. The molecule has 3 rings (SSSR count). The van der Waals surface area contributed by atoms with E-state index in [0.717, 1.165) is 31.6 Å². The maximum Gasteiger partial charge on any atom is 0.323 e. The Labute approximate surface area is 124 Å². The van der Waals surface area contributed by atoms with E-state index < -0.39 is 0 Å². The number of hydrogen-bond acceptors (Lipinski definition) is 4. The summed E-state index contributed by atoms with van der Waals surface area (Å²) in [4.78, 5) is 25.3. The van der Waals surface area contributed by atoms with E-state index in [-0.39, 0.29) is 24.0 Å². The molecule has 2 atom stereocenters. The molecular weight excluding hydrogens is 268 g/mol. The summed E-state index contributed by atoms with van der Waals surface area (Å²) in [5.41, 5.74) is 3.25. The van der Waals surface area contributed by atoms with E-state index in [1.807, 2.05) is 19.1 Å². The lowest BCUT2D eigenvalue weighted by Gasteiger charge is -2.32. The molecular formula is C16H20N2O3. The molecule has 5 nitrogen and oxygen atoms in total. The molecule has 0 bridgehead atoms. The van der Waals surface area contributed by atoms with Gasteiger partial charge in [0.25, 0.3) is 0 Å². The highest BCUT2D eigenvalue weighted by Gasteiger charge is 2.37. The monoisotopic (exact) mass is 288 g/mol. The Morgan fingerprint density at radius 3 is 2.90 bits per heavy atom. The van der Waals surface area contributed by atoms with Crippen molar-refractivity contribution in [2.45, 2.75) is 45.4 Å². The first kappa shape index (κ1) is 14.1. The van der Waals surface area contributed by atoms with Gasteiger partial charge in [0.2, 0.25) is 5.91 Å². The van der Waals surface area contributed by atoms with E-state index in [2.05, 4.69) is 16.3 Å². The number of nitrogens with one attached hydrogen (secondary N) is 1. The Hall–Kier alpha value is -1.88. The predicted molar refractivity (Wildman–Crippen MR) is 78.8 cm³/mol. The zero-order valence-corrected chi connectivity index (χ0v) is 12.4. The summed E-state index contributed by atoms with van der Waals surface area (Å²) in [5, 5.41) is 2.88. The van der Waals surface area contributed by atoms with E-state index in [1.54, 1.807) is 0 Å². The molecule has 1 fully saturated rings. The van der Waals surface area contributed by atoms with Gasteiger partial charge in [0.15, 0.2) is 0 Å². The fourth-order valence-electron chi connectivity index (χ4n) is 3.24. The Kier molecular flexibility index (Phi) is 3.68. The number of esters is 1. The molecule has 1 N–H and O–H groups in total. The van der Waals surface area contributed by atoms with Crippen LogP contribution < -0.4 is 5.32 Å². The fourth-order valence-corrected chi connectivity index (χ4v) is 3.24. The summed E-state index contributed by atoms with van der Waals surface area (Å²) in [7, 11) is 0. The maximum absolute atomic E-state index is 11.9. The number of fused-ring (bicyclic) bond motifs is 1. The van der Waals surface area contributed by atoms with Crippen LogP contribution >= 0.6 is 0 Å². The van der Waals surface area contributed by atoms with E-state index in [0.29, 0.717) is 0 Å². The van der Waals surface area contributed by atoms with E-state index >= 15 is 0 Å². The van der Waals surface area contributed by atoms with Gasteiger partial charge >= 0.3 is 5.97 Å². The van der Waals surface area contributed by atoms with Crippen molar-refractivity contribution in [1.29, 1.82) is 0 Å². The number of ether oxygens (including phenoxy) is 1. The number of hydrogen-bond donors (Lipinski definition) is 1. The van der Waals surface area contributed by atoms with Crippen molar-refractivity contribution in [1.82, 2.24) is 4.90 Å². The summed E-state index contributed by atoms with van der Waals surface area (Å²) in [6.45, 7) is 5.00. The molecule has 1 saturated heterocycles. The third-order valence-electron chi connectivity index (χ3n) is 4.19. The SMILES string of the molecule is CC(=O)Nc1cccc2c1CCN([C@H]1C[C@@H](C)OC1=O)C2. The van der Waals surface area contributed by atoms with Gasteiger partial charge < -0.3 is 10.1 Å². The van der Waals surface area contributed by atoms with Crippen LogP contribution in [-0.2, 0) is 27.3 Å². The quantitative estimate of drug-likeness (QED) is 0.842. The third kappa shape index (κ3) is 2.78. The number of carbonyl (C=O) groups is 2. The summed E-state index contributed by atoms with van der Waals surface area (Å²) in [6, 6.07) is 5.82. The van der Waals surface area contributed by atoms with Gasteiger partial charge in [-0.2, -0.15) is 0 Å². The zero-order valence-electron chi connectivity index (χ0n) is 12.4. The third-order valence-corrected chi connectivity index (χ3v) is 4.19. The summed E-state index contributed by atoms with van der Waals surface area (Å²) in [6.07, 6.45) is 1.61. The molecule has 21 heavy (non-hydrogen) atoms. The van der Waals surface area contributed by atoms with Crippen molar-refractivity contribution in [3.8, 4) is 0 Å². The van der Waals surface area contributed by atoms with Gasteiger partial charge in [-0.05, 0) is 30.5 Å². The molecule has 2 heterocycles. The van der Waals surface area contributed by atoms with Gasteiger partial charge in [-0.1, -0.05) is 12.1 Å². The topological polar surface area (TPSA) is 58.6 Å². The van der Waals surface area contributed by atoms with Crippen molar-refractivity contribution in [2.24, 2.45) is 0 Å². The van der Waals surface area contributed by atoms with Crippen LogP contribution in [0.25, 0.3) is 0 Å². The minimum absolute atomic E-state index is 0.00890. The molecule has 112 valence electrons. The van der Waals surface area contributed by atoms with Gasteiger partial charge in [0.05, 0.1) is 0 Å². The Balaban J connectivity index is 1.80. The van der Waals surface area contributed by atoms with Gasteiger partial charge in [-0.3, -0.25) is 14.5 Å². The lowest BCUT2D eigenvalue weighted by Crippen LogP contribution is -2.42. The van der Waals surface area contributed by atoms with Crippen molar-refractivity contribution in [3.63, 3.8) is 0 Å². The lowest BCUT2D eigenvalue weighted by molar-refractivity contribution is -0.145. The fraction of sp³-hybridized carbons (Fsp3) is 0.500. The van der Waals surface area contributed by atoms with Crippen LogP contribution in [0.5, 0.6) is 0 Å². The van der Waals surface area contributed by atoms with Crippen molar-refractivity contribution in [3.05, 3.63) is 29.3 Å². The standard InChI is InChI=1S/C16H20N2O3/c1-10-8-15(16(20)21-10)18-7-6-13-12(9-18)4-3-5-14(13)17-11(2)19/h3-5,10,15H,6-9H2,1-2H3,(H,17,19)/t10-,15+/m1/s1. The summed E-state index contributed by atoms with van der Waals surface area (Å²) < 4.78 is 5.25. The number of benzene rings is 1. The number of nitrogens with zero attached hydrogens (tertiary/aromatic N) is 1. The average molecular weight is 288 g/mol. The van der Waals surface area contributed by atoms with Crippen LogP contribution in [0.4, 0.5) is 5.69 Å². The highest BCUT2D eigenvalue weighted by molar-refractivity contribution is 5.89. The van der Waals surface area contributed by atoms with E-state index in [9.17, 15) is 9.59 Å². The minimum Gasteiger partial charge on any atom is -0.461 e. The molecule has 0 radical (unpaired) electrons. The van der Waals surface area contributed by atoms with Crippen LogP contribution in [0.3, 0.4) is 0 Å². The van der Waals surface area contributed by atoms with Crippen LogP contribution in [0, 0.1) is 0 Å². The molecule has 1 amide bonds. The molecule has 1 aromatic carbocycles. The number of cyclic esters (lactones) is 1. The minimum atomic E-state index is -0.127. The van der Waals surface area contributed by atoms with Crippen LogP contribution in [0.1, 0.15) is 31.4 Å². The highest BCUT2D eigenvalue weighted by Crippen LogP contribution is 2.30. The second-order valence-electron chi connectivity index (χ2n) is 5.84. The summed E-state index contributed by atoms with van der Waals surface area (Å²) in [5.74, 6) is -0.164.